The van der Waals surface area contributed by atoms with Gasteiger partial charge in [0.1, 0.15) is 15.5 Å². The smallest absolute Gasteiger partial charge is 0.150 e. The highest BCUT2D eigenvalue weighted by molar-refractivity contribution is 7.91. The number of sulfone groups is 1. The Labute approximate surface area is 158 Å². The van der Waals surface area contributed by atoms with E-state index in [0.29, 0.717) is 36.0 Å². The first-order valence-electron chi connectivity index (χ1n) is 10.8. The van der Waals surface area contributed by atoms with Crippen molar-refractivity contribution in [3.05, 3.63) is 12.2 Å². The van der Waals surface area contributed by atoms with E-state index in [4.69, 9.17) is 0 Å². The zero-order valence-electron chi connectivity index (χ0n) is 16.4. The summed E-state index contributed by atoms with van der Waals surface area (Å²) in [5, 5.41) is -0.111. The molecule has 4 atom stereocenters. The molecule has 0 heterocycles. The van der Waals surface area contributed by atoms with Gasteiger partial charge >= 0.3 is 0 Å². The summed E-state index contributed by atoms with van der Waals surface area (Å²) in [5.74, 6) is 2.67. The quantitative estimate of drug-likeness (QED) is 0.603. The lowest BCUT2D eigenvalue weighted by molar-refractivity contribution is 0.135. The van der Waals surface area contributed by atoms with Crippen LogP contribution in [0.25, 0.3) is 0 Å². The second-order valence-corrected chi connectivity index (χ2v) is 12.4. The molecule has 0 amide bonds. The Morgan fingerprint density at radius 1 is 1.00 bits per heavy atom. The van der Waals surface area contributed by atoms with Gasteiger partial charge in [-0.2, -0.15) is 0 Å². The largest absolute Gasteiger partial charge is 0.239 e. The predicted octanol–water partition coefficient (Wildman–Crippen LogP) is 5.48. The molecule has 2 nitrogen and oxygen atoms in total. The molecule has 0 radical (unpaired) electrons. The van der Waals surface area contributed by atoms with Crippen molar-refractivity contribution in [3.8, 4) is 0 Å². The van der Waals surface area contributed by atoms with Crippen LogP contribution >= 0.6 is 0 Å². The van der Waals surface area contributed by atoms with Crippen LogP contribution < -0.4 is 0 Å². The Balaban J connectivity index is 1.46. The van der Waals surface area contributed by atoms with Crippen LogP contribution in [-0.2, 0) is 9.84 Å². The molecule has 4 heteroatoms. The maximum Gasteiger partial charge on any atom is 0.150 e. The molecule has 1 spiro atoms. The van der Waals surface area contributed by atoms with Crippen molar-refractivity contribution in [1.29, 1.82) is 0 Å². The Kier molecular flexibility index (Phi) is 4.81. The molecule has 0 aromatic rings. The molecule has 0 aromatic heterocycles. The summed E-state index contributed by atoms with van der Waals surface area (Å²) in [6.07, 6.45) is 17.1. The average Bonchev–Trinajstić information content (AvgIpc) is 3.26. The Bertz CT molecular complexity index is 658. The zero-order chi connectivity index (χ0) is 18.6. The monoisotopic (exact) mass is 382 g/mol. The van der Waals surface area contributed by atoms with Gasteiger partial charge in [-0.25, -0.2) is 12.8 Å². The molecule has 0 aromatic carbocycles. The van der Waals surface area contributed by atoms with E-state index in [9.17, 15) is 12.8 Å². The molecular weight excluding hydrogens is 347 g/mol. The molecule has 0 bridgehead atoms. The topological polar surface area (TPSA) is 34.1 Å². The molecule has 0 aliphatic heterocycles. The van der Waals surface area contributed by atoms with Crippen molar-refractivity contribution < 1.29 is 12.8 Å². The van der Waals surface area contributed by atoms with Crippen LogP contribution in [0.4, 0.5) is 4.39 Å². The lowest BCUT2D eigenvalue weighted by Gasteiger charge is -2.38. The highest BCUT2D eigenvalue weighted by Gasteiger charge is 2.56. The van der Waals surface area contributed by atoms with Crippen LogP contribution in [0, 0.1) is 29.1 Å². The fraction of sp³-hybridized carbons (Fsp3) is 0.909. The Hall–Kier alpha value is -0.380. The van der Waals surface area contributed by atoms with E-state index in [1.807, 2.05) is 13.0 Å². The van der Waals surface area contributed by atoms with Crippen LogP contribution in [0.3, 0.4) is 0 Å². The summed E-state index contributed by atoms with van der Waals surface area (Å²) in [7, 11) is -2.89. The van der Waals surface area contributed by atoms with Crippen molar-refractivity contribution in [2.24, 2.45) is 29.1 Å². The predicted molar refractivity (Wildman–Crippen MR) is 104 cm³/mol. The maximum absolute atomic E-state index is 14.6. The van der Waals surface area contributed by atoms with E-state index >= 15 is 0 Å². The van der Waals surface area contributed by atoms with Gasteiger partial charge in [0.2, 0.25) is 0 Å². The second kappa shape index (κ2) is 6.60. The Morgan fingerprint density at radius 2 is 1.65 bits per heavy atom. The molecule has 26 heavy (non-hydrogen) atoms. The Morgan fingerprint density at radius 3 is 2.15 bits per heavy atom. The van der Waals surface area contributed by atoms with Gasteiger partial charge in [0.15, 0.2) is 0 Å². The summed E-state index contributed by atoms with van der Waals surface area (Å²) >= 11 is 0. The normalized spacial score (nSPS) is 45.1. The minimum atomic E-state index is -2.89. The van der Waals surface area contributed by atoms with E-state index in [1.165, 1.54) is 31.9 Å². The van der Waals surface area contributed by atoms with Gasteiger partial charge in [-0.15, -0.1) is 0 Å². The van der Waals surface area contributed by atoms with Crippen molar-refractivity contribution in [3.63, 3.8) is 0 Å². The summed E-state index contributed by atoms with van der Waals surface area (Å²) in [4.78, 5) is 0. The van der Waals surface area contributed by atoms with Crippen LogP contribution in [0.2, 0.25) is 0 Å². The minimum Gasteiger partial charge on any atom is -0.239 e. The van der Waals surface area contributed by atoms with Crippen LogP contribution in [0.1, 0.15) is 77.6 Å². The van der Waals surface area contributed by atoms with Crippen molar-refractivity contribution in [2.75, 3.05) is 6.26 Å². The molecular formula is C22H35FO2S. The van der Waals surface area contributed by atoms with Gasteiger partial charge < -0.3 is 0 Å². The first-order chi connectivity index (χ1) is 12.2. The van der Waals surface area contributed by atoms with E-state index in [1.54, 1.807) is 0 Å². The van der Waals surface area contributed by atoms with E-state index in [-0.39, 0.29) is 5.25 Å². The highest BCUT2D eigenvalue weighted by Crippen LogP contribution is 2.66. The number of hydrogen-bond acceptors (Lipinski definition) is 2. The molecule has 4 rings (SSSR count). The average molecular weight is 383 g/mol. The number of hydrogen-bond donors (Lipinski definition) is 0. The van der Waals surface area contributed by atoms with E-state index in [2.05, 4.69) is 6.08 Å². The number of rotatable bonds is 4. The van der Waals surface area contributed by atoms with Crippen LogP contribution in [-0.4, -0.2) is 25.6 Å². The number of halogens is 1. The van der Waals surface area contributed by atoms with Gasteiger partial charge in [-0.1, -0.05) is 19.1 Å². The molecule has 4 unspecified atom stereocenters. The lowest BCUT2D eigenvalue weighted by Crippen LogP contribution is -2.33. The fourth-order valence-electron chi connectivity index (χ4n) is 6.43. The highest BCUT2D eigenvalue weighted by atomic mass is 32.2. The summed E-state index contributed by atoms with van der Waals surface area (Å²) < 4.78 is 38.4. The van der Waals surface area contributed by atoms with Crippen molar-refractivity contribution in [2.45, 2.75) is 88.5 Å². The number of allylic oxidation sites excluding steroid dienone is 2. The third-order valence-electron chi connectivity index (χ3n) is 8.45. The van der Waals surface area contributed by atoms with Gasteiger partial charge in [0.05, 0.1) is 5.25 Å². The molecule has 3 fully saturated rings. The van der Waals surface area contributed by atoms with Gasteiger partial charge in [0.25, 0.3) is 0 Å². The molecule has 0 N–H and O–H groups in total. The maximum atomic E-state index is 14.6. The van der Waals surface area contributed by atoms with Gasteiger partial charge in [-0.05, 0) is 99.7 Å². The van der Waals surface area contributed by atoms with Gasteiger partial charge in [0, 0.05) is 6.26 Å². The SMILES string of the molecule is CCC1(F)C=CC(C2CC3(CC3)CC2C2CCC(S(C)(=O)=O)CC2)CC1. The van der Waals surface area contributed by atoms with E-state index in [0.717, 1.165) is 38.0 Å². The second-order valence-electron chi connectivity index (χ2n) is 10.1. The number of alkyl halides is 1. The van der Waals surface area contributed by atoms with Crippen LogP contribution in [0.5, 0.6) is 0 Å². The minimum absolute atomic E-state index is 0.111. The van der Waals surface area contributed by atoms with Gasteiger partial charge in [-0.3, -0.25) is 0 Å². The first kappa shape index (κ1) is 19.0. The molecule has 4 aliphatic rings. The third-order valence-corrected chi connectivity index (χ3v) is 10.1. The molecule has 0 saturated heterocycles. The van der Waals surface area contributed by atoms with Crippen molar-refractivity contribution >= 4 is 9.84 Å². The lowest BCUT2D eigenvalue weighted by atomic mass is 9.69. The fourth-order valence-corrected chi connectivity index (χ4v) is 7.56. The van der Waals surface area contributed by atoms with Crippen LogP contribution in [0.15, 0.2) is 12.2 Å². The summed E-state index contributed by atoms with van der Waals surface area (Å²) in [5.41, 5.74) is -0.471. The standard InChI is InChI=1S/C22H35FO2S/c1-3-22(23)10-8-17(9-11-22)20-15-21(12-13-21)14-19(20)16-4-6-18(7-5-16)26(2,24)25/h8,10,16-20H,3-7,9,11-15H2,1-2H3. The summed E-state index contributed by atoms with van der Waals surface area (Å²) in [6.45, 7) is 1.95. The van der Waals surface area contributed by atoms with Crippen molar-refractivity contribution in [1.82, 2.24) is 0 Å². The zero-order valence-corrected chi connectivity index (χ0v) is 17.2. The molecule has 3 saturated carbocycles. The summed E-state index contributed by atoms with van der Waals surface area (Å²) in [6, 6.07) is 0. The first-order valence-corrected chi connectivity index (χ1v) is 12.8. The molecule has 148 valence electrons. The molecule has 4 aliphatic carbocycles. The third kappa shape index (κ3) is 3.64. The van der Waals surface area contributed by atoms with E-state index < -0.39 is 15.5 Å².